The highest BCUT2D eigenvalue weighted by atomic mass is 35.5. The molecule has 2 N–H and O–H groups in total. The van der Waals surface area contributed by atoms with Gasteiger partial charge in [-0.2, -0.15) is 11.8 Å². The van der Waals surface area contributed by atoms with Crippen LogP contribution in [0.5, 0.6) is 0 Å². The summed E-state index contributed by atoms with van der Waals surface area (Å²) in [6, 6.07) is 10.6. The molecule has 0 saturated heterocycles. The molecular weight excluding hydrogens is 426 g/mol. The summed E-state index contributed by atoms with van der Waals surface area (Å²) < 4.78 is 0. The molecule has 0 radical (unpaired) electrons. The van der Waals surface area contributed by atoms with Crippen molar-refractivity contribution in [3.63, 3.8) is 0 Å². The zero-order valence-electron chi connectivity index (χ0n) is 16.8. The molecule has 0 saturated carbocycles. The Bertz CT molecular complexity index is 906. The van der Waals surface area contributed by atoms with Crippen LogP contribution in [0.2, 0.25) is 5.02 Å². The van der Waals surface area contributed by atoms with E-state index in [2.05, 4.69) is 17.6 Å². The molecule has 0 aliphatic carbocycles. The van der Waals surface area contributed by atoms with Crippen molar-refractivity contribution in [1.29, 1.82) is 0 Å². The molecule has 0 spiro atoms. The topological polar surface area (TPSA) is 101 Å². The number of anilines is 1. The molecule has 2 amide bonds. The quantitative estimate of drug-likeness (QED) is 0.404. The van der Waals surface area contributed by atoms with Crippen molar-refractivity contribution < 1.29 is 14.5 Å². The van der Waals surface area contributed by atoms with Crippen molar-refractivity contribution in [1.82, 2.24) is 5.32 Å². The number of benzene rings is 2. The summed E-state index contributed by atoms with van der Waals surface area (Å²) in [5.74, 6) is -0.257. The smallest absolute Gasteiger partial charge is 0.288 e. The number of halogens is 1. The zero-order chi connectivity index (χ0) is 22.1. The molecule has 0 heterocycles. The molecule has 2 aromatic carbocycles. The number of nitro groups is 1. The van der Waals surface area contributed by atoms with E-state index in [1.165, 1.54) is 17.7 Å². The lowest BCUT2D eigenvalue weighted by Gasteiger charge is -2.18. The third-order valence-electron chi connectivity index (χ3n) is 4.40. The van der Waals surface area contributed by atoms with Crippen LogP contribution >= 0.6 is 23.4 Å². The summed E-state index contributed by atoms with van der Waals surface area (Å²) in [4.78, 5) is 35.8. The number of nitrogens with one attached hydrogen (secondary N) is 2. The molecule has 2 aromatic rings. The van der Waals surface area contributed by atoms with Gasteiger partial charge in [-0.05, 0) is 54.7 Å². The van der Waals surface area contributed by atoms with Crippen LogP contribution < -0.4 is 10.6 Å². The van der Waals surface area contributed by atoms with Crippen molar-refractivity contribution in [3.05, 3.63) is 68.7 Å². The van der Waals surface area contributed by atoms with Gasteiger partial charge in [0.1, 0.15) is 11.1 Å². The number of amides is 2. The van der Waals surface area contributed by atoms with E-state index in [0.29, 0.717) is 17.9 Å². The summed E-state index contributed by atoms with van der Waals surface area (Å²) in [6.07, 6.45) is 4.33. The van der Waals surface area contributed by atoms with Crippen molar-refractivity contribution in [2.45, 2.75) is 32.2 Å². The summed E-state index contributed by atoms with van der Waals surface area (Å²) in [7, 11) is 0. The molecule has 0 bridgehead atoms. The third-order valence-corrected chi connectivity index (χ3v) is 5.36. The molecule has 30 heavy (non-hydrogen) atoms. The second-order valence-electron chi connectivity index (χ2n) is 6.67. The van der Waals surface area contributed by atoms with E-state index in [-0.39, 0.29) is 22.2 Å². The zero-order valence-corrected chi connectivity index (χ0v) is 18.4. The molecule has 0 aliphatic rings. The van der Waals surface area contributed by atoms with Crippen LogP contribution in [0, 0.1) is 10.1 Å². The maximum Gasteiger partial charge on any atom is 0.288 e. The molecule has 160 valence electrons. The lowest BCUT2D eigenvalue weighted by atomic mass is 10.1. The van der Waals surface area contributed by atoms with E-state index >= 15 is 0 Å². The van der Waals surface area contributed by atoms with E-state index in [0.717, 1.165) is 18.9 Å². The fourth-order valence-corrected chi connectivity index (χ4v) is 3.47. The Balaban J connectivity index is 2.12. The van der Waals surface area contributed by atoms with Gasteiger partial charge in [-0.1, -0.05) is 37.1 Å². The summed E-state index contributed by atoms with van der Waals surface area (Å²) in [5.41, 5.74) is 1.54. The highest BCUT2D eigenvalue weighted by Crippen LogP contribution is 2.25. The predicted octanol–water partition coefficient (Wildman–Crippen LogP) is 4.69. The van der Waals surface area contributed by atoms with Crippen molar-refractivity contribution in [2.24, 2.45) is 0 Å². The molecule has 2 rings (SSSR count). The first kappa shape index (κ1) is 23.7. The lowest BCUT2D eigenvalue weighted by molar-refractivity contribution is -0.384. The minimum atomic E-state index is -0.782. The number of carbonyl (C=O) groups excluding carboxylic acids is 2. The Morgan fingerprint density at radius 1 is 1.20 bits per heavy atom. The Morgan fingerprint density at radius 2 is 1.90 bits per heavy atom. The number of rotatable bonds is 10. The highest BCUT2D eigenvalue weighted by Gasteiger charge is 2.23. The van der Waals surface area contributed by atoms with Gasteiger partial charge in [-0.3, -0.25) is 19.7 Å². The second-order valence-corrected chi connectivity index (χ2v) is 8.06. The van der Waals surface area contributed by atoms with Gasteiger partial charge in [0.05, 0.1) is 4.92 Å². The molecule has 9 heteroatoms. The van der Waals surface area contributed by atoms with Gasteiger partial charge in [-0.15, -0.1) is 0 Å². The van der Waals surface area contributed by atoms with Gasteiger partial charge in [0.15, 0.2) is 0 Å². The molecule has 0 fully saturated rings. The second kappa shape index (κ2) is 11.6. The molecular formula is C21H24ClN3O4S. The van der Waals surface area contributed by atoms with Gasteiger partial charge < -0.3 is 10.6 Å². The normalized spacial score (nSPS) is 11.6. The maximum absolute atomic E-state index is 12.8. The fourth-order valence-electron chi connectivity index (χ4n) is 2.81. The van der Waals surface area contributed by atoms with E-state index in [9.17, 15) is 19.7 Å². The van der Waals surface area contributed by atoms with E-state index in [1.807, 2.05) is 30.5 Å². The molecule has 1 unspecified atom stereocenters. The van der Waals surface area contributed by atoms with E-state index < -0.39 is 16.9 Å². The van der Waals surface area contributed by atoms with Crippen LogP contribution in [-0.2, 0) is 11.2 Å². The first-order chi connectivity index (χ1) is 14.3. The average Bonchev–Trinajstić information content (AvgIpc) is 2.72. The molecule has 7 nitrogen and oxygen atoms in total. The summed E-state index contributed by atoms with van der Waals surface area (Å²) in [5, 5.41) is 16.5. The molecule has 1 atom stereocenters. The van der Waals surface area contributed by atoms with Gasteiger partial charge in [0.25, 0.3) is 11.6 Å². The first-order valence-electron chi connectivity index (χ1n) is 9.49. The number of thioether (sulfide) groups is 1. The Kier molecular flexibility index (Phi) is 9.14. The van der Waals surface area contributed by atoms with Crippen LogP contribution in [0.25, 0.3) is 0 Å². The van der Waals surface area contributed by atoms with Crippen LogP contribution in [-0.4, -0.2) is 34.8 Å². The van der Waals surface area contributed by atoms with Gasteiger partial charge in [0, 0.05) is 17.3 Å². The summed E-state index contributed by atoms with van der Waals surface area (Å²) >= 11 is 7.36. The number of hydrogen-bond acceptors (Lipinski definition) is 5. The predicted molar refractivity (Wildman–Crippen MR) is 121 cm³/mol. The van der Waals surface area contributed by atoms with Crippen molar-refractivity contribution >= 4 is 46.6 Å². The van der Waals surface area contributed by atoms with Crippen LogP contribution in [0.4, 0.5) is 11.4 Å². The Morgan fingerprint density at radius 3 is 2.50 bits per heavy atom. The van der Waals surface area contributed by atoms with E-state index in [1.54, 1.807) is 11.8 Å². The third kappa shape index (κ3) is 6.74. The maximum atomic E-state index is 12.8. The van der Waals surface area contributed by atoms with Crippen LogP contribution in [0.15, 0.2) is 42.5 Å². The van der Waals surface area contributed by atoms with Gasteiger partial charge in [-0.25, -0.2) is 0 Å². The van der Waals surface area contributed by atoms with Gasteiger partial charge in [0.2, 0.25) is 5.91 Å². The average molecular weight is 450 g/mol. The van der Waals surface area contributed by atoms with Gasteiger partial charge >= 0.3 is 0 Å². The lowest BCUT2D eigenvalue weighted by Crippen LogP contribution is -2.44. The monoisotopic (exact) mass is 449 g/mol. The van der Waals surface area contributed by atoms with E-state index in [4.69, 9.17) is 11.6 Å². The van der Waals surface area contributed by atoms with Crippen LogP contribution in [0.3, 0.4) is 0 Å². The molecule has 0 aliphatic heterocycles. The van der Waals surface area contributed by atoms with Crippen molar-refractivity contribution in [2.75, 3.05) is 17.3 Å². The Hall–Kier alpha value is -2.58. The van der Waals surface area contributed by atoms with Crippen molar-refractivity contribution in [3.8, 4) is 0 Å². The first-order valence-corrected chi connectivity index (χ1v) is 11.3. The standard InChI is InChI=1S/C21H24ClN3O4S/c1-3-4-14-5-8-16(9-6-14)23-21(27)18(11-12-30-2)24-20(26)15-7-10-17(22)19(13-15)25(28)29/h5-10,13,18H,3-4,11-12H2,1-2H3,(H,23,27)(H,24,26). The summed E-state index contributed by atoms with van der Waals surface area (Å²) in [6.45, 7) is 2.10. The SMILES string of the molecule is CCCc1ccc(NC(=O)C(CCSC)NC(=O)c2ccc(Cl)c([N+](=O)[O-])c2)cc1. The number of nitro benzene ring substituents is 1. The number of hydrogen-bond donors (Lipinski definition) is 2. The highest BCUT2D eigenvalue weighted by molar-refractivity contribution is 7.98. The number of aryl methyl sites for hydroxylation is 1. The minimum Gasteiger partial charge on any atom is -0.340 e. The number of nitrogens with zero attached hydrogens (tertiary/aromatic N) is 1. The minimum absolute atomic E-state index is 0.0558. The molecule has 0 aromatic heterocycles. The fraction of sp³-hybridized carbons (Fsp3) is 0.333. The largest absolute Gasteiger partial charge is 0.340 e. The Labute approximate surface area is 184 Å². The number of carbonyl (C=O) groups is 2. The van der Waals surface area contributed by atoms with Crippen LogP contribution in [0.1, 0.15) is 35.7 Å².